The van der Waals surface area contributed by atoms with Gasteiger partial charge in [-0.15, -0.1) is 0 Å². The summed E-state index contributed by atoms with van der Waals surface area (Å²) in [4.78, 5) is 12.0. The van der Waals surface area contributed by atoms with Gasteiger partial charge in [0.15, 0.2) is 0 Å². The number of benzene rings is 2. The Morgan fingerprint density at radius 2 is 1.95 bits per heavy atom. The zero-order valence-corrected chi connectivity index (χ0v) is 14.6. The van der Waals surface area contributed by atoms with E-state index < -0.39 is 0 Å². The Hall–Kier alpha value is -1.52. The van der Waals surface area contributed by atoms with Crippen LogP contribution in [-0.2, 0) is 11.2 Å². The van der Waals surface area contributed by atoms with E-state index in [0.29, 0.717) is 30.2 Å². The lowest BCUT2D eigenvalue weighted by molar-refractivity contribution is -0.116. The molecule has 2 aromatic carbocycles. The van der Waals surface area contributed by atoms with E-state index in [1.165, 1.54) is 0 Å². The molecule has 0 bridgehead atoms. The first-order valence-corrected chi connectivity index (χ1v) is 8.22. The van der Waals surface area contributed by atoms with Crippen molar-refractivity contribution in [1.29, 1.82) is 0 Å². The first kappa shape index (κ1) is 16.8. The van der Waals surface area contributed by atoms with Crippen LogP contribution in [0, 0.1) is 0 Å². The maximum absolute atomic E-state index is 12.0. The number of ether oxygens (including phenoxy) is 1. The minimum atomic E-state index is -0.0573. The van der Waals surface area contributed by atoms with Gasteiger partial charge in [0.25, 0.3) is 0 Å². The molecule has 3 nitrogen and oxygen atoms in total. The molecule has 0 aromatic heterocycles. The van der Waals surface area contributed by atoms with Gasteiger partial charge in [0.05, 0.1) is 17.3 Å². The van der Waals surface area contributed by atoms with Gasteiger partial charge in [0, 0.05) is 10.9 Å². The minimum Gasteiger partial charge on any atom is -0.494 e. The third-order valence-electron chi connectivity index (χ3n) is 3.08. The lowest BCUT2D eigenvalue weighted by Crippen LogP contribution is -2.12. The fourth-order valence-corrected chi connectivity index (χ4v) is 2.70. The summed E-state index contributed by atoms with van der Waals surface area (Å²) in [7, 11) is 0. The Morgan fingerprint density at radius 1 is 1.23 bits per heavy atom. The number of halogens is 2. The zero-order chi connectivity index (χ0) is 15.9. The molecule has 0 aliphatic heterocycles. The Kier molecular flexibility index (Phi) is 6.28. The van der Waals surface area contributed by atoms with Gasteiger partial charge in [-0.25, -0.2) is 0 Å². The van der Waals surface area contributed by atoms with Crippen LogP contribution < -0.4 is 10.1 Å². The number of carbonyl (C=O) groups is 1. The average molecular weight is 383 g/mol. The summed E-state index contributed by atoms with van der Waals surface area (Å²) in [5.74, 6) is 0.787. The Morgan fingerprint density at radius 3 is 2.59 bits per heavy atom. The van der Waals surface area contributed by atoms with Crippen molar-refractivity contribution in [3.8, 4) is 5.75 Å². The quantitative estimate of drug-likeness (QED) is 0.757. The van der Waals surface area contributed by atoms with Gasteiger partial charge in [0.1, 0.15) is 5.75 Å². The van der Waals surface area contributed by atoms with Crippen LogP contribution in [0.3, 0.4) is 0 Å². The molecule has 2 rings (SSSR count). The van der Waals surface area contributed by atoms with Crippen molar-refractivity contribution in [2.24, 2.45) is 0 Å². The van der Waals surface area contributed by atoms with Crippen LogP contribution in [0.15, 0.2) is 46.9 Å². The molecular formula is C17H17BrClNO2. The van der Waals surface area contributed by atoms with Crippen LogP contribution >= 0.6 is 27.5 Å². The number of hydrogen-bond donors (Lipinski definition) is 1. The second-order valence-corrected chi connectivity index (χ2v) is 6.07. The molecule has 22 heavy (non-hydrogen) atoms. The standard InChI is InChI=1S/C17H17BrClNO2/c1-2-22-14-7-3-12(4-8-14)5-10-17(21)20-16-9-6-13(18)11-15(16)19/h3-4,6-9,11H,2,5,10H2,1H3,(H,20,21). The molecular weight excluding hydrogens is 366 g/mol. The number of anilines is 1. The number of aryl methyl sites for hydroxylation is 1. The molecule has 0 saturated carbocycles. The number of carbonyl (C=O) groups excluding carboxylic acids is 1. The van der Waals surface area contributed by atoms with E-state index in [0.717, 1.165) is 15.8 Å². The van der Waals surface area contributed by atoms with Crippen LogP contribution in [0.2, 0.25) is 5.02 Å². The van der Waals surface area contributed by atoms with E-state index in [1.807, 2.05) is 37.3 Å². The maximum atomic E-state index is 12.0. The van der Waals surface area contributed by atoms with Crippen molar-refractivity contribution in [3.63, 3.8) is 0 Å². The van der Waals surface area contributed by atoms with E-state index >= 15 is 0 Å². The van der Waals surface area contributed by atoms with Crippen LogP contribution in [0.25, 0.3) is 0 Å². The van der Waals surface area contributed by atoms with Gasteiger partial charge in [-0.05, 0) is 49.2 Å². The van der Waals surface area contributed by atoms with Crippen LogP contribution in [0.5, 0.6) is 5.75 Å². The molecule has 0 aliphatic carbocycles. The Labute approximate surface area is 143 Å². The second-order valence-electron chi connectivity index (χ2n) is 4.75. The first-order chi connectivity index (χ1) is 10.6. The van der Waals surface area contributed by atoms with Crippen molar-refractivity contribution in [2.75, 3.05) is 11.9 Å². The van der Waals surface area contributed by atoms with Gasteiger partial charge in [-0.2, -0.15) is 0 Å². The molecule has 0 radical (unpaired) electrons. The number of hydrogen-bond acceptors (Lipinski definition) is 2. The minimum absolute atomic E-state index is 0.0573. The highest BCUT2D eigenvalue weighted by atomic mass is 79.9. The molecule has 5 heteroatoms. The molecule has 0 unspecified atom stereocenters. The van der Waals surface area contributed by atoms with Crippen LogP contribution in [0.4, 0.5) is 5.69 Å². The zero-order valence-electron chi connectivity index (χ0n) is 12.2. The van der Waals surface area contributed by atoms with Gasteiger partial charge in [-0.1, -0.05) is 39.7 Å². The summed E-state index contributed by atoms with van der Waals surface area (Å²) in [5.41, 5.74) is 1.72. The van der Waals surface area contributed by atoms with Crippen molar-refractivity contribution in [1.82, 2.24) is 0 Å². The highest BCUT2D eigenvalue weighted by Gasteiger charge is 2.07. The lowest BCUT2D eigenvalue weighted by atomic mass is 10.1. The summed E-state index contributed by atoms with van der Waals surface area (Å²) < 4.78 is 6.27. The summed E-state index contributed by atoms with van der Waals surface area (Å²) in [6, 6.07) is 13.2. The predicted molar refractivity (Wildman–Crippen MR) is 93.7 cm³/mol. The smallest absolute Gasteiger partial charge is 0.224 e. The molecule has 0 fully saturated rings. The Balaban J connectivity index is 1.87. The van der Waals surface area contributed by atoms with Crippen molar-refractivity contribution < 1.29 is 9.53 Å². The molecule has 2 aromatic rings. The SMILES string of the molecule is CCOc1ccc(CCC(=O)Nc2ccc(Br)cc2Cl)cc1. The number of nitrogens with one attached hydrogen (secondary N) is 1. The van der Waals surface area contributed by atoms with Gasteiger partial charge in [-0.3, -0.25) is 4.79 Å². The monoisotopic (exact) mass is 381 g/mol. The van der Waals surface area contributed by atoms with Gasteiger partial charge >= 0.3 is 0 Å². The first-order valence-electron chi connectivity index (χ1n) is 7.05. The molecule has 116 valence electrons. The molecule has 0 atom stereocenters. The van der Waals surface area contributed by atoms with E-state index in [1.54, 1.807) is 12.1 Å². The topological polar surface area (TPSA) is 38.3 Å². The molecule has 0 aliphatic rings. The normalized spacial score (nSPS) is 10.3. The Bertz CT molecular complexity index is 644. The van der Waals surface area contributed by atoms with Crippen LogP contribution in [0.1, 0.15) is 18.9 Å². The van der Waals surface area contributed by atoms with E-state index in [9.17, 15) is 4.79 Å². The van der Waals surface area contributed by atoms with Crippen LogP contribution in [-0.4, -0.2) is 12.5 Å². The van der Waals surface area contributed by atoms with Crippen molar-refractivity contribution in [2.45, 2.75) is 19.8 Å². The maximum Gasteiger partial charge on any atom is 0.224 e. The fourth-order valence-electron chi connectivity index (χ4n) is 1.98. The summed E-state index contributed by atoms with van der Waals surface area (Å²) in [5, 5.41) is 3.34. The van der Waals surface area contributed by atoms with Crippen molar-refractivity contribution in [3.05, 3.63) is 57.5 Å². The molecule has 0 spiro atoms. The predicted octanol–water partition coefficient (Wildman–Crippen LogP) is 5.07. The third kappa shape index (κ3) is 5.04. The molecule has 0 saturated heterocycles. The number of rotatable bonds is 6. The van der Waals surface area contributed by atoms with E-state index in [-0.39, 0.29) is 5.91 Å². The second kappa shape index (κ2) is 8.20. The number of amides is 1. The summed E-state index contributed by atoms with van der Waals surface area (Å²) >= 11 is 9.41. The molecule has 1 amide bonds. The van der Waals surface area contributed by atoms with Crippen molar-refractivity contribution >= 4 is 39.1 Å². The lowest BCUT2D eigenvalue weighted by Gasteiger charge is -2.08. The van der Waals surface area contributed by atoms with Gasteiger partial charge < -0.3 is 10.1 Å². The average Bonchev–Trinajstić information content (AvgIpc) is 2.50. The van der Waals surface area contributed by atoms with Gasteiger partial charge in [0.2, 0.25) is 5.91 Å². The summed E-state index contributed by atoms with van der Waals surface area (Å²) in [6.07, 6.45) is 1.08. The van der Waals surface area contributed by atoms with E-state index in [4.69, 9.17) is 16.3 Å². The highest BCUT2D eigenvalue weighted by Crippen LogP contribution is 2.25. The summed E-state index contributed by atoms with van der Waals surface area (Å²) in [6.45, 7) is 2.60. The fraction of sp³-hybridized carbons (Fsp3) is 0.235. The molecule has 1 N–H and O–H groups in total. The largest absolute Gasteiger partial charge is 0.494 e. The molecule has 0 heterocycles. The highest BCUT2D eigenvalue weighted by molar-refractivity contribution is 9.10. The third-order valence-corrected chi connectivity index (χ3v) is 3.89. The van der Waals surface area contributed by atoms with E-state index in [2.05, 4.69) is 21.2 Å².